The summed E-state index contributed by atoms with van der Waals surface area (Å²) in [7, 11) is -3.90. The Bertz CT molecular complexity index is 745. The molecule has 0 N–H and O–H groups in total. The molecule has 2 aromatic rings. The van der Waals surface area contributed by atoms with E-state index in [1.165, 1.54) is 12.1 Å². The summed E-state index contributed by atoms with van der Waals surface area (Å²) in [5.41, 5.74) is 0.684. The van der Waals surface area contributed by atoms with Gasteiger partial charge in [0, 0.05) is 11.0 Å². The van der Waals surface area contributed by atoms with Gasteiger partial charge in [-0.2, -0.15) is 4.31 Å². The first-order valence-corrected chi connectivity index (χ1v) is 8.62. The van der Waals surface area contributed by atoms with Crippen molar-refractivity contribution in [2.24, 2.45) is 0 Å². The molecule has 116 valence electrons. The standard InChI is InChI=1S/C15H14BrNO4S/c16-13-8-6-12(7-9-13)10-17(11-15(18)19)22(20,21)14-4-2-1-3-5-14/h1-9H,10-11H2,(H,18,19)/p-1. The number of rotatable bonds is 6. The van der Waals surface area contributed by atoms with Crippen molar-refractivity contribution in [1.29, 1.82) is 0 Å². The number of nitrogens with zero attached hydrogens (tertiary/aromatic N) is 1. The molecular weight excluding hydrogens is 370 g/mol. The molecule has 0 aliphatic heterocycles. The van der Waals surface area contributed by atoms with E-state index in [2.05, 4.69) is 15.9 Å². The summed E-state index contributed by atoms with van der Waals surface area (Å²) in [6.45, 7) is -0.744. The van der Waals surface area contributed by atoms with Gasteiger partial charge < -0.3 is 9.90 Å². The maximum Gasteiger partial charge on any atom is 0.243 e. The molecule has 0 bridgehead atoms. The summed E-state index contributed by atoms with van der Waals surface area (Å²) in [5, 5.41) is 10.9. The minimum Gasteiger partial charge on any atom is -0.549 e. The third-order valence-corrected chi connectivity index (χ3v) is 5.29. The number of carboxylic acids is 1. The molecular formula is C15H13BrNO4S-. The summed E-state index contributed by atoms with van der Waals surface area (Å²) in [6.07, 6.45) is 0. The van der Waals surface area contributed by atoms with Crippen LogP contribution in [0.5, 0.6) is 0 Å². The number of carbonyl (C=O) groups is 1. The monoisotopic (exact) mass is 382 g/mol. The maximum atomic E-state index is 12.6. The van der Waals surface area contributed by atoms with Crippen molar-refractivity contribution in [3.63, 3.8) is 0 Å². The van der Waals surface area contributed by atoms with Crippen LogP contribution in [0.4, 0.5) is 0 Å². The predicted molar refractivity (Wildman–Crippen MR) is 83.2 cm³/mol. The van der Waals surface area contributed by atoms with E-state index in [9.17, 15) is 18.3 Å². The Balaban J connectivity index is 2.33. The van der Waals surface area contributed by atoms with Crippen molar-refractivity contribution in [1.82, 2.24) is 4.31 Å². The third kappa shape index (κ3) is 4.16. The third-order valence-electron chi connectivity index (χ3n) is 2.96. The fraction of sp³-hybridized carbons (Fsp3) is 0.133. The van der Waals surface area contributed by atoms with E-state index in [4.69, 9.17) is 0 Å². The summed E-state index contributed by atoms with van der Waals surface area (Å²) in [4.78, 5) is 11.0. The van der Waals surface area contributed by atoms with Crippen LogP contribution < -0.4 is 5.11 Å². The van der Waals surface area contributed by atoms with Gasteiger partial charge in [0.15, 0.2) is 0 Å². The molecule has 0 atom stereocenters. The van der Waals surface area contributed by atoms with Crippen LogP contribution in [-0.4, -0.2) is 25.2 Å². The minimum atomic E-state index is -3.90. The quantitative estimate of drug-likeness (QED) is 0.756. The lowest BCUT2D eigenvalue weighted by Crippen LogP contribution is -2.41. The van der Waals surface area contributed by atoms with Gasteiger partial charge in [-0.05, 0) is 29.8 Å². The summed E-state index contributed by atoms with van der Waals surface area (Å²) >= 11 is 3.29. The van der Waals surface area contributed by atoms with Crippen LogP contribution in [-0.2, 0) is 21.4 Å². The van der Waals surface area contributed by atoms with Crippen molar-refractivity contribution >= 4 is 31.9 Å². The normalized spacial score (nSPS) is 11.5. The van der Waals surface area contributed by atoms with Crippen molar-refractivity contribution in [3.05, 3.63) is 64.6 Å². The highest BCUT2D eigenvalue weighted by molar-refractivity contribution is 9.10. The minimum absolute atomic E-state index is 0.0432. The van der Waals surface area contributed by atoms with E-state index >= 15 is 0 Å². The molecule has 0 aliphatic rings. The molecule has 0 heterocycles. The molecule has 2 aromatic carbocycles. The highest BCUT2D eigenvalue weighted by Crippen LogP contribution is 2.19. The van der Waals surface area contributed by atoms with Gasteiger partial charge >= 0.3 is 0 Å². The lowest BCUT2D eigenvalue weighted by molar-refractivity contribution is -0.305. The molecule has 0 fully saturated rings. The topological polar surface area (TPSA) is 77.5 Å². The van der Waals surface area contributed by atoms with Crippen molar-refractivity contribution in [3.8, 4) is 0 Å². The zero-order valence-electron chi connectivity index (χ0n) is 11.5. The van der Waals surface area contributed by atoms with Crippen LogP contribution in [0.25, 0.3) is 0 Å². The summed E-state index contributed by atoms with van der Waals surface area (Å²) in [5.74, 6) is -1.45. The lowest BCUT2D eigenvalue weighted by Gasteiger charge is -2.22. The van der Waals surface area contributed by atoms with Crippen molar-refractivity contribution in [2.45, 2.75) is 11.4 Å². The highest BCUT2D eigenvalue weighted by atomic mass is 79.9. The van der Waals surface area contributed by atoms with Gasteiger partial charge in [-0.1, -0.05) is 46.3 Å². The molecule has 0 saturated carbocycles. The van der Waals surface area contributed by atoms with Crippen LogP contribution >= 0.6 is 15.9 Å². The molecule has 0 amide bonds. The van der Waals surface area contributed by atoms with Crippen molar-refractivity contribution < 1.29 is 18.3 Å². The molecule has 0 spiro atoms. The van der Waals surface area contributed by atoms with E-state index in [-0.39, 0.29) is 11.4 Å². The zero-order valence-corrected chi connectivity index (χ0v) is 13.9. The van der Waals surface area contributed by atoms with Gasteiger partial charge in [0.05, 0.1) is 17.4 Å². The van der Waals surface area contributed by atoms with E-state index in [1.807, 2.05) is 0 Å². The van der Waals surface area contributed by atoms with Crippen LogP contribution in [0.2, 0.25) is 0 Å². The van der Waals surface area contributed by atoms with E-state index in [0.717, 1.165) is 8.78 Å². The molecule has 7 heteroatoms. The van der Waals surface area contributed by atoms with Gasteiger partial charge in [0.2, 0.25) is 10.0 Å². The Morgan fingerprint density at radius 3 is 2.18 bits per heavy atom. The Hall–Kier alpha value is -1.70. The van der Waals surface area contributed by atoms with Gasteiger partial charge in [-0.25, -0.2) is 8.42 Å². The average Bonchev–Trinajstić information content (AvgIpc) is 2.49. The molecule has 5 nitrogen and oxygen atoms in total. The number of sulfonamides is 1. The number of carbonyl (C=O) groups excluding carboxylic acids is 1. The number of aliphatic carboxylic acids is 1. The van der Waals surface area contributed by atoms with E-state index in [1.54, 1.807) is 42.5 Å². The molecule has 0 aromatic heterocycles. The zero-order chi connectivity index (χ0) is 16.2. The number of halogens is 1. The summed E-state index contributed by atoms with van der Waals surface area (Å²) in [6, 6.07) is 14.7. The second kappa shape index (κ2) is 7.04. The Morgan fingerprint density at radius 2 is 1.64 bits per heavy atom. The number of hydrogen-bond donors (Lipinski definition) is 0. The van der Waals surface area contributed by atoms with E-state index < -0.39 is 22.5 Å². The maximum absolute atomic E-state index is 12.6. The van der Waals surface area contributed by atoms with E-state index in [0.29, 0.717) is 5.56 Å². The first-order valence-electron chi connectivity index (χ1n) is 6.39. The van der Waals surface area contributed by atoms with Crippen molar-refractivity contribution in [2.75, 3.05) is 6.54 Å². The Labute approximate surface area is 137 Å². The molecule has 22 heavy (non-hydrogen) atoms. The largest absolute Gasteiger partial charge is 0.549 e. The lowest BCUT2D eigenvalue weighted by atomic mass is 10.2. The van der Waals surface area contributed by atoms with Gasteiger partial charge in [0.1, 0.15) is 0 Å². The first-order chi connectivity index (χ1) is 10.4. The fourth-order valence-corrected chi connectivity index (χ4v) is 3.56. The molecule has 0 radical (unpaired) electrons. The first kappa shape index (κ1) is 16.7. The van der Waals surface area contributed by atoms with Gasteiger partial charge in [-0.3, -0.25) is 0 Å². The van der Waals surface area contributed by atoms with Crippen LogP contribution in [0.1, 0.15) is 5.56 Å². The summed E-state index contributed by atoms with van der Waals surface area (Å²) < 4.78 is 26.9. The SMILES string of the molecule is O=C([O-])CN(Cc1ccc(Br)cc1)S(=O)(=O)c1ccccc1. The smallest absolute Gasteiger partial charge is 0.243 e. The molecule has 0 aliphatic carbocycles. The Kier molecular flexibility index (Phi) is 5.33. The molecule has 0 unspecified atom stereocenters. The number of benzene rings is 2. The molecule has 0 saturated heterocycles. The van der Waals surface area contributed by atoms with Crippen LogP contribution in [0.3, 0.4) is 0 Å². The molecule has 2 rings (SSSR count). The fourth-order valence-electron chi connectivity index (χ4n) is 1.90. The second-order valence-corrected chi connectivity index (χ2v) is 7.44. The number of hydrogen-bond acceptors (Lipinski definition) is 4. The predicted octanol–water partition coefficient (Wildman–Crippen LogP) is 1.39. The average molecular weight is 383 g/mol. The van der Waals surface area contributed by atoms with Gasteiger partial charge in [0.25, 0.3) is 0 Å². The number of carboxylic acid groups (broad SMARTS) is 1. The van der Waals surface area contributed by atoms with Gasteiger partial charge in [-0.15, -0.1) is 0 Å². The highest BCUT2D eigenvalue weighted by Gasteiger charge is 2.24. The Morgan fingerprint density at radius 1 is 1.05 bits per heavy atom. The van der Waals surface area contributed by atoms with Crippen LogP contribution in [0.15, 0.2) is 64.0 Å². The second-order valence-electron chi connectivity index (χ2n) is 4.58. The van der Waals surface area contributed by atoms with Crippen LogP contribution in [0, 0.1) is 0 Å².